The van der Waals surface area contributed by atoms with Crippen molar-refractivity contribution in [2.75, 3.05) is 5.32 Å². The van der Waals surface area contributed by atoms with E-state index in [1.165, 1.54) is 6.07 Å². The number of amides is 1. The molecule has 4 nitrogen and oxygen atoms in total. The van der Waals surface area contributed by atoms with Gasteiger partial charge in [0.25, 0.3) is 0 Å². The molecule has 2 aliphatic rings. The number of carbonyl (C=O) groups excluding carboxylic acids is 1. The molecule has 0 heterocycles. The molecule has 0 saturated heterocycles. The smallest absolute Gasteiger partial charge is 0.335 e. The first-order valence-corrected chi connectivity index (χ1v) is 6.87. The Balaban J connectivity index is 1.72. The van der Waals surface area contributed by atoms with Gasteiger partial charge in [-0.25, -0.2) is 4.79 Å². The Hall–Kier alpha value is -2.10. The minimum Gasteiger partial charge on any atom is -0.478 e. The number of anilines is 1. The predicted octanol–water partition coefficient (Wildman–Crippen LogP) is 2.84. The van der Waals surface area contributed by atoms with E-state index in [0.717, 1.165) is 12.8 Å². The molecule has 0 radical (unpaired) electrons. The van der Waals surface area contributed by atoms with Crippen molar-refractivity contribution in [2.45, 2.75) is 19.8 Å². The van der Waals surface area contributed by atoms with Gasteiger partial charge in [-0.3, -0.25) is 4.79 Å². The predicted molar refractivity (Wildman–Crippen MR) is 75.6 cm³/mol. The van der Waals surface area contributed by atoms with Crippen LogP contribution in [0, 0.1) is 24.7 Å². The third kappa shape index (κ3) is 2.22. The molecule has 104 valence electrons. The third-order valence-electron chi connectivity index (χ3n) is 4.34. The van der Waals surface area contributed by atoms with Crippen LogP contribution in [0.4, 0.5) is 5.69 Å². The second-order valence-corrected chi connectivity index (χ2v) is 5.71. The maximum atomic E-state index is 12.3. The lowest BCUT2D eigenvalue weighted by atomic mass is 9.92. The van der Waals surface area contributed by atoms with Crippen LogP contribution in [0.25, 0.3) is 0 Å². The molecule has 3 atom stereocenters. The maximum absolute atomic E-state index is 12.3. The number of aryl methyl sites for hydroxylation is 1. The summed E-state index contributed by atoms with van der Waals surface area (Å²) in [6.45, 7) is 1.74. The monoisotopic (exact) mass is 271 g/mol. The van der Waals surface area contributed by atoms with Crippen LogP contribution in [0.1, 0.15) is 28.8 Å². The largest absolute Gasteiger partial charge is 0.478 e. The van der Waals surface area contributed by atoms with E-state index in [0.29, 0.717) is 23.1 Å². The van der Waals surface area contributed by atoms with Crippen molar-refractivity contribution in [3.8, 4) is 0 Å². The number of nitrogens with one attached hydrogen (secondary N) is 1. The fourth-order valence-electron chi connectivity index (χ4n) is 3.30. The molecule has 3 unspecified atom stereocenters. The number of carboxylic acid groups (broad SMARTS) is 1. The minimum absolute atomic E-state index is 0.0457. The highest BCUT2D eigenvalue weighted by Gasteiger charge is 2.39. The molecule has 0 spiro atoms. The molecule has 0 aliphatic heterocycles. The number of carboxylic acids is 1. The molecule has 2 bridgehead atoms. The molecule has 4 heteroatoms. The van der Waals surface area contributed by atoms with Gasteiger partial charge in [0.15, 0.2) is 0 Å². The first-order chi connectivity index (χ1) is 9.54. The number of hydrogen-bond acceptors (Lipinski definition) is 2. The quantitative estimate of drug-likeness (QED) is 0.831. The van der Waals surface area contributed by atoms with Crippen LogP contribution in [0.15, 0.2) is 30.4 Å². The van der Waals surface area contributed by atoms with E-state index in [1.54, 1.807) is 19.1 Å². The van der Waals surface area contributed by atoms with Crippen LogP contribution in [0.5, 0.6) is 0 Å². The summed E-state index contributed by atoms with van der Waals surface area (Å²) in [7, 11) is 0. The zero-order valence-electron chi connectivity index (χ0n) is 11.3. The van der Waals surface area contributed by atoms with Crippen molar-refractivity contribution in [2.24, 2.45) is 17.8 Å². The summed E-state index contributed by atoms with van der Waals surface area (Å²) in [5, 5.41) is 11.9. The molecule has 1 aromatic carbocycles. The maximum Gasteiger partial charge on any atom is 0.335 e. The average molecular weight is 271 g/mol. The molecular formula is C16H17NO3. The molecule has 2 N–H and O–H groups in total. The summed E-state index contributed by atoms with van der Waals surface area (Å²) in [4.78, 5) is 23.2. The second kappa shape index (κ2) is 4.78. The van der Waals surface area contributed by atoms with E-state index in [9.17, 15) is 9.59 Å². The number of aromatic carboxylic acids is 1. The van der Waals surface area contributed by atoms with Gasteiger partial charge in [0.1, 0.15) is 0 Å². The van der Waals surface area contributed by atoms with Crippen molar-refractivity contribution in [3.05, 3.63) is 41.5 Å². The lowest BCUT2D eigenvalue weighted by Gasteiger charge is -2.18. The van der Waals surface area contributed by atoms with Crippen molar-refractivity contribution < 1.29 is 14.7 Å². The zero-order chi connectivity index (χ0) is 14.3. The van der Waals surface area contributed by atoms with Crippen molar-refractivity contribution >= 4 is 17.6 Å². The van der Waals surface area contributed by atoms with Crippen LogP contribution in [0.2, 0.25) is 0 Å². The second-order valence-electron chi connectivity index (χ2n) is 5.71. The van der Waals surface area contributed by atoms with Gasteiger partial charge in [-0.1, -0.05) is 12.2 Å². The highest BCUT2D eigenvalue weighted by molar-refractivity contribution is 5.95. The van der Waals surface area contributed by atoms with E-state index in [4.69, 9.17) is 5.11 Å². The molecule has 1 aromatic rings. The van der Waals surface area contributed by atoms with E-state index in [-0.39, 0.29) is 17.4 Å². The van der Waals surface area contributed by atoms with Crippen LogP contribution < -0.4 is 5.32 Å². The normalized spacial score (nSPS) is 26.8. The fraction of sp³-hybridized carbons (Fsp3) is 0.375. The lowest BCUT2D eigenvalue weighted by molar-refractivity contribution is -0.120. The van der Waals surface area contributed by atoms with Gasteiger partial charge < -0.3 is 10.4 Å². The van der Waals surface area contributed by atoms with Crippen LogP contribution in [0.3, 0.4) is 0 Å². The van der Waals surface area contributed by atoms with E-state index < -0.39 is 5.97 Å². The van der Waals surface area contributed by atoms with Crippen LogP contribution in [-0.2, 0) is 4.79 Å². The van der Waals surface area contributed by atoms with Gasteiger partial charge >= 0.3 is 5.97 Å². The molecule has 1 amide bonds. The van der Waals surface area contributed by atoms with E-state index in [1.807, 2.05) is 0 Å². The molecule has 0 aromatic heterocycles. The molecule has 1 saturated carbocycles. The first kappa shape index (κ1) is 12.9. The topological polar surface area (TPSA) is 66.4 Å². The van der Waals surface area contributed by atoms with Crippen LogP contribution in [-0.4, -0.2) is 17.0 Å². The molecule has 3 rings (SSSR count). The summed E-state index contributed by atoms with van der Waals surface area (Å²) in [6.07, 6.45) is 6.38. The summed E-state index contributed by atoms with van der Waals surface area (Å²) < 4.78 is 0. The molecule has 20 heavy (non-hydrogen) atoms. The SMILES string of the molecule is Cc1cc(NC(=O)C2CC3C=CC2C3)ccc1C(=O)O. The summed E-state index contributed by atoms with van der Waals surface area (Å²) >= 11 is 0. The Bertz CT molecular complexity index is 606. The third-order valence-corrected chi connectivity index (χ3v) is 4.34. The Kier molecular flexibility index (Phi) is 3.08. The van der Waals surface area contributed by atoms with Crippen molar-refractivity contribution in [3.63, 3.8) is 0 Å². The Labute approximate surface area is 117 Å². The zero-order valence-corrected chi connectivity index (χ0v) is 11.3. The van der Waals surface area contributed by atoms with Gasteiger partial charge in [0.05, 0.1) is 5.56 Å². The first-order valence-electron chi connectivity index (χ1n) is 6.87. The Morgan fingerprint density at radius 3 is 2.60 bits per heavy atom. The van der Waals surface area contributed by atoms with Gasteiger partial charge in [-0.2, -0.15) is 0 Å². The van der Waals surface area contributed by atoms with Gasteiger partial charge in [0, 0.05) is 11.6 Å². The molecular weight excluding hydrogens is 254 g/mol. The number of carbonyl (C=O) groups is 2. The number of allylic oxidation sites excluding steroid dienone is 2. The van der Waals surface area contributed by atoms with E-state index >= 15 is 0 Å². The highest BCUT2D eigenvalue weighted by atomic mass is 16.4. The fourth-order valence-corrected chi connectivity index (χ4v) is 3.30. The van der Waals surface area contributed by atoms with Crippen LogP contribution >= 0.6 is 0 Å². The van der Waals surface area contributed by atoms with E-state index in [2.05, 4.69) is 17.5 Å². The molecule has 2 aliphatic carbocycles. The Morgan fingerprint density at radius 2 is 2.05 bits per heavy atom. The Morgan fingerprint density at radius 1 is 1.25 bits per heavy atom. The number of fused-ring (bicyclic) bond motifs is 2. The minimum atomic E-state index is -0.946. The molecule has 1 fully saturated rings. The van der Waals surface area contributed by atoms with Crippen molar-refractivity contribution in [1.29, 1.82) is 0 Å². The standard InChI is InChI=1S/C16H17NO3/c1-9-6-12(4-5-13(9)16(19)20)17-15(18)14-8-10-2-3-11(14)7-10/h2-6,10-11,14H,7-8H2,1H3,(H,17,18)(H,19,20). The lowest BCUT2D eigenvalue weighted by Crippen LogP contribution is -2.26. The highest BCUT2D eigenvalue weighted by Crippen LogP contribution is 2.43. The van der Waals surface area contributed by atoms with Gasteiger partial charge in [-0.15, -0.1) is 0 Å². The number of benzene rings is 1. The summed E-state index contributed by atoms with van der Waals surface area (Å²) in [5.41, 5.74) is 1.60. The van der Waals surface area contributed by atoms with Crippen molar-refractivity contribution in [1.82, 2.24) is 0 Å². The average Bonchev–Trinajstić information content (AvgIpc) is 3.00. The number of rotatable bonds is 3. The summed E-state index contributed by atoms with van der Waals surface area (Å²) in [5.74, 6) is 0.0960. The number of hydrogen-bond donors (Lipinski definition) is 2. The van der Waals surface area contributed by atoms with Gasteiger partial charge in [-0.05, 0) is 55.4 Å². The summed E-state index contributed by atoms with van der Waals surface area (Å²) in [6, 6.07) is 4.90. The van der Waals surface area contributed by atoms with Gasteiger partial charge in [0.2, 0.25) is 5.91 Å².